The van der Waals surface area contributed by atoms with Gasteiger partial charge in [-0.05, 0) is 61.1 Å². The number of carbonyl (C=O) groups excluding carboxylic acids is 1. The number of nitrogens with zero attached hydrogens (tertiary/aromatic N) is 2. The van der Waals surface area contributed by atoms with Crippen molar-refractivity contribution >= 4 is 52.4 Å². The minimum atomic E-state index is -0.753. The predicted octanol–water partition coefficient (Wildman–Crippen LogP) is 5.59. The number of aliphatic imine (C=N–C) groups is 1. The highest BCUT2D eigenvalue weighted by Crippen LogP contribution is 2.38. The molecular weight excluding hydrogens is 441 g/mol. The number of benzene rings is 3. The van der Waals surface area contributed by atoms with Crippen LogP contribution in [0.25, 0.3) is 0 Å². The van der Waals surface area contributed by atoms with E-state index in [0.29, 0.717) is 27.5 Å². The topological polar surface area (TPSA) is 108 Å². The molecule has 0 atom stereocenters. The van der Waals surface area contributed by atoms with Crippen molar-refractivity contribution in [2.24, 2.45) is 4.99 Å². The highest BCUT2D eigenvalue weighted by Gasteiger charge is 2.20. The number of nitro benzene ring substituents is 1. The summed E-state index contributed by atoms with van der Waals surface area (Å²) in [5.41, 5.74) is 1.20. The van der Waals surface area contributed by atoms with Gasteiger partial charge in [0.15, 0.2) is 0 Å². The maximum absolute atomic E-state index is 12.6. The molecule has 3 aromatic carbocycles. The minimum absolute atomic E-state index is 0.0350. The third-order valence-corrected chi connectivity index (χ3v) is 5.52. The average molecular weight is 457 g/mol. The third-order valence-electron chi connectivity index (χ3n) is 4.63. The number of anilines is 1. The Kier molecular flexibility index (Phi) is 6.58. The summed E-state index contributed by atoms with van der Waals surface area (Å²) in [5, 5.41) is 27.0. The second-order valence-electron chi connectivity index (χ2n) is 6.65. The van der Waals surface area contributed by atoms with Gasteiger partial charge in [-0.15, -0.1) is 0 Å². The van der Waals surface area contributed by atoms with E-state index < -0.39 is 16.4 Å². The molecule has 0 bridgehead atoms. The maximum atomic E-state index is 12.6. The zero-order valence-electron chi connectivity index (χ0n) is 16.5. The monoisotopic (exact) mass is 456 g/mol. The van der Waals surface area contributed by atoms with E-state index in [9.17, 15) is 20.0 Å². The van der Waals surface area contributed by atoms with E-state index in [-0.39, 0.29) is 22.1 Å². The van der Waals surface area contributed by atoms with Crippen LogP contribution in [0.1, 0.15) is 27.0 Å². The lowest BCUT2D eigenvalue weighted by Crippen LogP contribution is -2.12. The number of hydrogen-bond acceptors (Lipinski definition) is 5. The molecule has 0 saturated heterocycles. The van der Waals surface area contributed by atoms with E-state index >= 15 is 0 Å². The molecule has 0 aliphatic rings. The van der Waals surface area contributed by atoms with E-state index in [2.05, 4.69) is 10.3 Å². The molecule has 1 amide bonds. The van der Waals surface area contributed by atoms with E-state index in [1.165, 1.54) is 13.1 Å². The third kappa shape index (κ3) is 4.68. The van der Waals surface area contributed by atoms with Crippen LogP contribution in [0.5, 0.6) is 5.75 Å². The summed E-state index contributed by atoms with van der Waals surface area (Å²) < 4.78 is 0. The van der Waals surface area contributed by atoms with E-state index in [4.69, 9.17) is 23.2 Å². The molecule has 0 heterocycles. The Labute approximate surface area is 188 Å². The highest BCUT2D eigenvalue weighted by molar-refractivity contribution is 6.34. The molecule has 3 aromatic rings. The van der Waals surface area contributed by atoms with Gasteiger partial charge in [-0.3, -0.25) is 19.9 Å². The lowest BCUT2D eigenvalue weighted by Gasteiger charge is -2.17. The molecule has 0 aromatic heterocycles. The first-order chi connectivity index (χ1) is 14.7. The SMILES string of the molecule is Cc1c(Cl)c(C)c([N+](=O)[O-])c([O-])c1C=Nc1cccc(NC(=O)c2ccccc2Cl)c1. The Morgan fingerprint density at radius 3 is 2.48 bits per heavy atom. The standard InChI is InChI=1S/C22H17Cl2N3O4/c1-12-17(21(28)20(27(30)31)13(2)19(12)24)11-25-14-6-5-7-15(10-14)26-22(29)16-8-3-4-9-18(16)23/h3-11,28H,1-2H3,(H,26,29)/p-1. The van der Waals surface area contributed by atoms with Gasteiger partial charge in [0.2, 0.25) is 0 Å². The second-order valence-corrected chi connectivity index (χ2v) is 7.44. The summed E-state index contributed by atoms with van der Waals surface area (Å²) in [7, 11) is 0. The molecule has 0 saturated carbocycles. The number of hydrogen-bond donors (Lipinski definition) is 1. The molecule has 1 N–H and O–H groups in total. The first-order valence-electron chi connectivity index (χ1n) is 9.04. The highest BCUT2D eigenvalue weighted by atomic mass is 35.5. The smallest absolute Gasteiger partial charge is 0.266 e. The Bertz CT molecular complexity index is 1230. The van der Waals surface area contributed by atoms with Gasteiger partial charge in [0.1, 0.15) is 0 Å². The van der Waals surface area contributed by atoms with Gasteiger partial charge in [-0.2, -0.15) is 0 Å². The fourth-order valence-electron chi connectivity index (χ4n) is 2.99. The predicted molar refractivity (Wildman–Crippen MR) is 120 cm³/mol. The molecule has 0 aliphatic carbocycles. The lowest BCUT2D eigenvalue weighted by atomic mass is 10.0. The Hall–Kier alpha value is -3.42. The summed E-state index contributed by atoms with van der Waals surface area (Å²) in [4.78, 5) is 27.2. The second kappa shape index (κ2) is 9.16. The molecular formula is C22H16Cl2N3O4-. The number of carbonyl (C=O) groups is 1. The molecule has 9 heteroatoms. The van der Waals surface area contributed by atoms with Crippen LogP contribution in [0.2, 0.25) is 10.0 Å². The lowest BCUT2D eigenvalue weighted by molar-refractivity contribution is -0.398. The van der Waals surface area contributed by atoms with Crippen LogP contribution in [0, 0.1) is 24.0 Å². The normalized spacial score (nSPS) is 11.0. The van der Waals surface area contributed by atoms with Gasteiger partial charge in [0.05, 0.1) is 26.2 Å². The average Bonchev–Trinajstić information content (AvgIpc) is 2.72. The first kappa shape index (κ1) is 22.3. The van der Waals surface area contributed by atoms with Crippen molar-refractivity contribution in [3.8, 4) is 5.75 Å². The van der Waals surface area contributed by atoms with Crippen molar-refractivity contribution in [3.63, 3.8) is 0 Å². The van der Waals surface area contributed by atoms with E-state index in [1.807, 2.05) is 0 Å². The Morgan fingerprint density at radius 2 is 1.81 bits per heavy atom. The Morgan fingerprint density at radius 1 is 1.10 bits per heavy atom. The molecule has 0 aliphatic heterocycles. The number of rotatable bonds is 5. The van der Waals surface area contributed by atoms with E-state index in [0.717, 1.165) is 0 Å². The zero-order valence-corrected chi connectivity index (χ0v) is 18.0. The fraction of sp³-hybridized carbons (Fsp3) is 0.0909. The minimum Gasteiger partial charge on any atom is -0.867 e. The van der Waals surface area contributed by atoms with Crippen LogP contribution in [0.3, 0.4) is 0 Å². The molecule has 31 heavy (non-hydrogen) atoms. The van der Waals surface area contributed by atoms with Crippen LogP contribution in [-0.4, -0.2) is 17.0 Å². The number of nitrogens with one attached hydrogen (secondary N) is 1. The van der Waals surface area contributed by atoms with Crippen LogP contribution < -0.4 is 10.4 Å². The summed E-state index contributed by atoms with van der Waals surface area (Å²) in [5.74, 6) is -1.14. The van der Waals surface area contributed by atoms with Crippen molar-refractivity contribution in [2.45, 2.75) is 13.8 Å². The van der Waals surface area contributed by atoms with Gasteiger partial charge in [0.25, 0.3) is 11.6 Å². The summed E-state index contributed by atoms with van der Waals surface area (Å²) in [6.07, 6.45) is 1.24. The molecule has 0 radical (unpaired) electrons. The van der Waals surface area contributed by atoms with Gasteiger partial charge in [0, 0.05) is 17.5 Å². The number of nitro groups is 1. The number of halogens is 2. The van der Waals surface area contributed by atoms with Crippen molar-refractivity contribution in [3.05, 3.63) is 90.9 Å². The van der Waals surface area contributed by atoms with Crippen molar-refractivity contribution < 1.29 is 14.8 Å². The first-order valence-corrected chi connectivity index (χ1v) is 9.80. The molecule has 0 unspecified atom stereocenters. The van der Waals surface area contributed by atoms with Crippen LogP contribution in [-0.2, 0) is 0 Å². The molecule has 7 nitrogen and oxygen atoms in total. The zero-order chi connectivity index (χ0) is 22.7. The number of amides is 1. The molecule has 158 valence electrons. The molecule has 0 fully saturated rings. The van der Waals surface area contributed by atoms with Gasteiger partial charge < -0.3 is 10.4 Å². The van der Waals surface area contributed by atoms with Gasteiger partial charge >= 0.3 is 0 Å². The van der Waals surface area contributed by atoms with Crippen LogP contribution >= 0.6 is 23.2 Å². The summed E-state index contributed by atoms with van der Waals surface area (Å²) in [6.45, 7) is 3.03. The van der Waals surface area contributed by atoms with E-state index in [1.54, 1.807) is 55.5 Å². The van der Waals surface area contributed by atoms with Crippen LogP contribution in [0.4, 0.5) is 17.1 Å². The van der Waals surface area contributed by atoms with Crippen molar-refractivity contribution in [1.82, 2.24) is 0 Å². The van der Waals surface area contributed by atoms with Gasteiger partial charge in [-0.1, -0.05) is 41.4 Å². The van der Waals surface area contributed by atoms with Crippen molar-refractivity contribution in [2.75, 3.05) is 5.32 Å². The maximum Gasteiger partial charge on any atom is 0.266 e. The van der Waals surface area contributed by atoms with Gasteiger partial charge in [-0.25, -0.2) is 0 Å². The summed E-state index contributed by atoms with van der Waals surface area (Å²) >= 11 is 12.2. The summed E-state index contributed by atoms with van der Waals surface area (Å²) in [6, 6.07) is 13.2. The molecule has 0 spiro atoms. The Balaban J connectivity index is 1.91. The van der Waals surface area contributed by atoms with Crippen LogP contribution in [0.15, 0.2) is 53.5 Å². The van der Waals surface area contributed by atoms with Crippen molar-refractivity contribution in [1.29, 1.82) is 0 Å². The quantitative estimate of drug-likeness (QED) is 0.306. The molecule has 3 rings (SSSR count). The largest absolute Gasteiger partial charge is 0.867 e. The fourth-order valence-corrected chi connectivity index (χ4v) is 3.41.